The van der Waals surface area contributed by atoms with Gasteiger partial charge in [-0.15, -0.1) is 0 Å². The smallest absolute Gasteiger partial charge is 0.207 e. The largest absolute Gasteiger partial charge is 0.428 e. The molecule has 0 spiro atoms. The lowest BCUT2D eigenvalue weighted by Crippen LogP contribution is -2.23. The maximum absolute atomic E-state index is 12.5. The molecule has 2 nitrogen and oxygen atoms in total. The lowest BCUT2D eigenvalue weighted by atomic mass is 9.84. The number of rotatable bonds is 3. The number of benzene rings is 2. The normalized spacial score (nSPS) is 15.4. The van der Waals surface area contributed by atoms with Crippen LogP contribution in [0.1, 0.15) is 39.9 Å². The first kappa shape index (κ1) is 15.9. The van der Waals surface area contributed by atoms with Gasteiger partial charge in [0.05, 0.1) is 0 Å². The van der Waals surface area contributed by atoms with Gasteiger partial charge < -0.3 is 4.80 Å². The predicted octanol–water partition coefficient (Wildman–Crippen LogP) is 4.37. The molecule has 0 aliphatic heterocycles. The highest BCUT2D eigenvalue weighted by Gasteiger charge is 2.24. The first-order chi connectivity index (χ1) is 11.0. The van der Waals surface area contributed by atoms with Crippen molar-refractivity contribution in [3.63, 3.8) is 0 Å². The molecule has 0 bridgehead atoms. The maximum atomic E-state index is 12.5. The van der Waals surface area contributed by atoms with E-state index in [0.717, 1.165) is 40.7 Å². The summed E-state index contributed by atoms with van der Waals surface area (Å²) in [5, 5.41) is 0. The first-order valence-electron chi connectivity index (χ1n) is 8.12. The number of hydrogen-bond acceptors (Lipinski definition) is 2. The highest BCUT2D eigenvalue weighted by atomic mass is 28.4. The van der Waals surface area contributed by atoms with Crippen molar-refractivity contribution in [2.75, 3.05) is 0 Å². The number of ketones is 1. The molecule has 118 valence electrons. The van der Waals surface area contributed by atoms with Crippen LogP contribution in [0.2, 0.25) is 13.1 Å². The van der Waals surface area contributed by atoms with Gasteiger partial charge in [-0.05, 0) is 48.2 Å². The van der Waals surface area contributed by atoms with E-state index in [0.29, 0.717) is 6.42 Å². The van der Waals surface area contributed by atoms with Crippen LogP contribution in [0.5, 0.6) is 0 Å². The van der Waals surface area contributed by atoms with E-state index in [1.54, 1.807) is 0 Å². The van der Waals surface area contributed by atoms with E-state index in [4.69, 9.17) is 0 Å². The Labute approximate surface area is 138 Å². The Bertz CT molecular complexity index is 755. The standard InChI is InChI=1S/C20H22O2Si/c1-23(2,22)14-18(15-8-4-3-5-9-15)17-12-6-10-16-11-7-13-19(21)20(16)17/h3-6,8-10,12,14,22H,7,11,13H2,1-2H3. The number of fused-ring (bicyclic) bond motifs is 1. The number of aryl methyl sites for hydroxylation is 1. The van der Waals surface area contributed by atoms with Crippen LogP contribution in [0, 0.1) is 0 Å². The molecule has 1 N–H and O–H groups in total. The minimum Gasteiger partial charge on any atom is -0.428 e. The summed E-state index contributed by atoms with van der Waals surface area (Å²) in [6.07, 6.45) is 2.50. The van der Waals surface area contributed by atoms with Crippen LogP contribution in [-0.4, -0.2) is 18.9 Å². The van der Waals surface area contributed by atoms with Gasteiger partial charge in [0.1, 0.15) is 0 Å². The minimum atomic E-state index is -2.43. The molecule has 23 heavy (non-hydrogen) atoms. The molecular weight excluding hydrogens is 300 g/mol. The van der Waals surface area contributed by atoms with E-state index >= 15 is 0 Å². The summed E-state index contributed by atoms with van der Waals surface area (Å²) in [4.78, 5) is 23.0. The van der Waals surface area contributed by atoms with Crippen LogP contribution >= 0.6 is 0 Å². The van der Waals surface area contributed by atoms with E-state index in [2.05, 4.69) is 6.07 Å². The summed E-state index contributed by atoms with van der Waals surface area (Å²) in [6.45, 7) is 3.79. The average Bonchev–Trinajstić information content (AvgIpc) is 2.52. The Morgan fingerprint density at radius 2 is 1.78 bits per heavy atom. The van der Waals surface area contributed by atoms with Crippen LogP contribution in [0.25, 0.3) is 5.57 Å². The van der Waals surface area contributed by atoms with Crippen LogP contribution < -0.4 is 0 Å². The monoisotopic (exact) mass is 322 g/mol. The van der Waals surface area contributed by atoms with Crippen LogP contribution in [0.15, 0.2) is 54.2 Å². The molecule has 0 atom stereocenters. The number of Topliss-reactive ketones (excluding diaryl/α,β-unsaturated/α-hetero) is 1. The fraction of sp³-hybridized carbons (Fsp3) is 0.250. The molecule has 1 aliphatic carbocycles. The molecule has 0 radical (unpaired) electrons. The van der Waals surface area contributed by atoms with Gasteiger partial charge in [-0.2, -0.15) is 0 Å². The fourth-order valence-corrected chi connectivity index (χ4v) is 4.24. The molecule has 1 aliphatic rings. The van der Waals surface area contributed by atoms with Crippen molar-refractivity contribution in [1.29, 1.82) is 0 Å². The lowest BCUT2D eigenvalue weighted by molar-refractivity contribution is 0.0972. The van der Waals surface area contributed by atoms with Gasteiger partial charge in [-0.3, -0.25) is 4.79 Å². The maximum Gasteiger partial charge on any atom is 0.207 e. The average molecular weight is 322 g/mol. The highest BCUT2D eigenvalue weighted by Crippen LogP contribution is 2.33. The zero-order chi connectivity index (χ0) is 16.4. The number of carbonyl (C=O) groups is 1. The molecule has 0 saturated heterocycles. The highest BCUT2D eigenvalue weighted by molar-refractivity contribution is 6.76. The zero-order valence-corrected chi connectivity index (χ0v) is 14.7. The number of carbonyl (C=O) groups excluding carboxylic acids is 1. The van der Waals surface area contributed by atoms with Crippen molar-refractivity contribution in [3.8, 4) is 0 Å². The molecule has 0 unspecified atom stereocenters. The summed E-state index contributed by atoms with van der Waals surface area (Å²) >= 11 is 0. The van der Waals surface area contributed by atoms with Gasteiger partial charge in [0, 0.05) is 12.0 Å². The molecule has 0 heterocycles. The Morgan fingerprint density at radius 3 is 2.48 bits per heavy atom. The van der Waals surface area contributed by atoms with E-state index in [-0.39, 0.29) is 5.78 Å². The molecule has 0 aromatic heterocycles. The predicted molar refractivity (Wildman–Crippen MR) is 96.9 cm³/mol. The summed E-state index contributed by atoms with van der Waals surface area (Å²) in [7, 11) is -2.43. The van der Waals surface area contributed by atoms with Gasteiger partial charge in [0.15, 0.2) is 5.78 Å². The van der Waals surface area contributed by atoms with Gasteiger partial charge >= 0.3 is 0 Å². The molecule has 2 aromatic carbocycles. The van der Waals surface area contributed by atoms with Crippen molar-refractivity contribution < 1.29 is 9.59 Å². The lowest BCUT2D eigenvalue weighted by Gasteiger charge is -2.21. The first-order valence-corrected chi connectivity index (χ1v) is 11.1. The van der Waals surface area contributed by atoms with Gasteiger partial charge in [-0.25, -0.2) is 0 Å². The van der Waals surface area contributed by atoms with Gasteiger partial charge in [-0.1, -0.05) is 54.2 Å². The fourth-order valence-electron chi connectivity index (χ4n) is 3.21. The van der Waals surface area contributed by atoms with E-state index in [1.807, 2.05) is 61.3 Å². The Morgan fingerprint density at radius 1 is 1.04 bits per heavy atom. The summed E-state index contributed by atoms with van der Waals surface area (Å²) in [5.74, 6) is 0.223. The Balaban J connectivity index is 2.24. The van der Waals surface area contributed by atoms with Crippen LogP contribution in [-0.2, 0) is 6.42 Å². The van der Waals surface area contributed by atoms with Crippen molar-refractivity contribution in [3.05, 3.63) is 76.5 Å². The molecule has 0 amide bonds. The third-order valence-corrected chi connectivity index (χ3v) is 5.15. The molecule has 2 aromatic rings. The third kappa shape index (κ3) is 3.52. The summed E-state index contributed by atoms with van der Waals surface area (Å²) < 4.78 is 0. The minimum absolute atomic E-state index is 0.223. The molecule has 0 fully saturated rings. The zero-order valence-electron chi connectivity index (χ0n) is 13.7. The quantitative estimate of drug-likeness (QED) is 0.852. The second-order valence-electron chi connectivity index (χ2n) is 6.69. The van der Waals surface area contributed by atoms with Crippen molar-refractivity contribution >= 4 is 19.7 Å². The SMILES string of the molecule is C[Si](C)(O)C=C(c1ccccc1)c1cccc2c1C(=O)CCC2. The van der Waals surface area contributed by atoms with Gasteiger partial charge in [0.25, 0.3) is 0 Å². The van der Waals surface area contributed by atoms with Crippen LogP contribution in [0.4, 0.5) is 0 Å². The van der Waals surface area contributed by atoms with E-state index in [1.165, 1.54) is 0 Å². The van der Waals surface area contributed by atoms with E-state index < -0.39 is 8.32 Å². The molecule has 3 rings (SSSR count). The molecular formula is C20H22O2Si. The van der Waals surface area contributed by atoms with Crippen molar-refractivity contribution in [2.45, 2.75) is 32.4 Å². The summed E-state index contributed by atoms with van der Waals surface area (Å²) in [6, 6.07) is 16.1. The Kier molecular flexibility index (Phi) is 4.33. The van der Waals surface area contributed by atoms with E-state index in [9.17, 15) is 9.59 Å². The van der Waals surface area contributed by atoms with Crippen molar-refractivity contribution in [2.24, 2.45) is 0 Å². The van der Waals surface area contributed by atoms with Gasteiger partial charge in [0.2, 0.25) is 8.32 Å². The van der Waals surface area contributed by atoms with Crippen molar-refractivity contribution in [1.82, 2.24) is 0 Å². The topological polar surface area (TPSA) is 37.3 Å². The molecule has 0 saturated carbocycles. The van der Waals surface area contributed by atoms with Crippen LogP contribution in [0.3, 0.4) is 0 Å². The summed E-state index contributed by atoms with van der Waals surface area (Å²) in [5.41, 5.74) is 6.98. The second-order valence-corrected chi connectivity index (χ2v) is 10.3. The Hall–Kier alpha value is -1.97. The second kappa shape index (κ2) is 6.26. The number of hydrogen-bond donors (Lipinski definition) is 1. The third-order valence-electron chi connectivity index (χ3n) is 4.15. The molecule has 3 heteroatoms.